The van der Waals surface area contributed by atoms with Gasteiger partial charge in [0.15, 0.2) is 5.84 Å². The summed E-state index contributed by atoms with van der Waals surface area (Å²) in [6.45, 7) is 5.17. The number of aryl methyl sites for hydroxylation is 2. The first-order valence-electron chi connectivity index (χ1n) is 7.90. The lowest BCUT2D eigenvalue weighted by atomic mass is 10.1. The Balaban J connectivity index is 1.70. The zero-order valence-electron chi connectivity index (χ0n) is 14.4. The largest absolute Gasteiger partial charge is 0.497 e. The van der Waals surface area contributed by atoms with Crippen LogP contribution in [0.5, 0.6) is 11.5 Å². The van der Waals surface area contributed by atoms with Crippen molar-refractivity contribution in [3.05, 3.63) is 59.2 Å². The molecule has 0 fully saturated rings. The molecule has 0 aliphatic heterocycles. The molecular weight excluding hydrogens is 304 g/mol. The molecule has 2 aromatic carbocycles. The number of ether oxygens (including phenoxy) is 2. The summed E-state index contributed by atoms with van der Waals surface area (Å²) in [6.07, 6.45) is 0.728. The molecule has 5 nitrogen and oxygen atoms in total. The molecule has 0 saturated carbocycles. The van der Waals surface area contributed by atoms with E-state index in [1.165, 1.54) is 11.1 Å². The van der Waals surface area contributed by atoms with Gasteiger partial charge in [-0.05, 0) is 61.4 Å². The molecule has 2 N–H and O–H groups in total. The van der Waals surface area contributed by atoms with Crippen LogP contribution in [0, 0.1) is 13.8 Å². The van der Waals surface area contributed by atoms with Crippen LogP contribution in [0.3, 0.4) is 0 Å². The van der Waals surface area contributed by atoms with Crippen LogP contribution < -0.4 is 15.2 Å². The second kappa shape index (κ2) is 8.82. The Labute approximate surface area is 143 Å². The monoisotopic (exact) mass is 328 g/mol. The molecule has 0 amide bonds. The molecule has 0 unspecified atom stereocenters. The number of nitrogens with two attached hydrogens (primary N) is 1. The average molecular weight is 328 g/mol. The summed E-state index contributed by atoms with van der Waals surface area (Å²) in [7, 11) is 1.62. The van der Waals surface area contributed by atoms with Gasteiger partial charge in [0, 0.05) is 12.0 Å². The third-order valence-electron chi connectivity index (χ3n) is 3.68. The lowest BCUT2D eigenvalue weighted by molar-refractivity contribution is 0.127. The van der Waals surface area contributed by atoms with Crippen molar-refractivity contribution in [3.8, 4) is 11.5 Å². The van der Waals surface area contributed by atoms with E-state index in [0.29, 0.717) is 19.0 Å². The lowest BCUT2D eigenvalue weighted by Crippen LogP contribution is -2.14. The summed E-state index contributed by atoms with van der Waals surface area (Å²) in [4.78, 5) is 5.24. The molecule has 0 aliphatic carbocycles. The van der Waals surface area contributed by atoms with Gasteiger partial charge in [-0.25, -0.2) is 0 Å². The fourth-order valence-corrected chi connectivity index (χ4v) is 2.05. The van der Waals surface area contributed by atoms with E-state index in [0.717, 1.165) is 23.5 Å². The zero-order valence-corrected chi connectivity index (χ0v) is 14.4. The van der Waals surface area contributed by atoms with Crippen LogP contribution in [-0.4, -0.2) is 26.2 Å². The number of benzene rings is 2. The Kier molecular flexibility index (Phi) is 6.49. The van der Waals surface area contributed by atoms with Gasteiger partial charge in [0.25, 0.3) is 0 Å². The van der Waals surface area contributed by atoms with Crippen LogP contribution in [0.4, 0.5) is 0 Å². The minimum Gasteiger partial charge on any atom is -0.497 e. The smallest absolute Gasteiger partial charge is 0.170 e. The van der Waals surface area contributed by atoms with Crippen molar-refractivity contribution in [1.82, 2.24) is 0 Å². The van der Waals surface area contributed by atoms with Crippen molar-refractivity contribution in [1.29, 1.82) is 0 Å². The van der Waals surface area contributed by atoms with Crippen molar-refractivity contribution < 1.29 is 14.3 Å². The maximum atomic E-state index is 5.88. The van der Waals surface area contributed by atoms with Gasteiger partial charge in [0.05, 0.1) is 13.7 Å². The first-order valence-corrected chi connectivity index (χ1v) is 7.90. The van der Waals surface area contributed by atoms with Crippen LogP contribution in [0.15, 0.2) is 47.6 Å². The molecular formula is C19H24N2O3. The third-order valence-corrected chi connectivity index (χ3v) is 3.68. The Morgan fingerprint density at radius 3 is 2.33 bits per heavy atom. The fourth-order valence-electron chi connectivity index (χ4n) is 2.05. The van der Waals surface area contributed by atoms with Crippen LogP contribution >= 0.6 is 0 Å². The molecule has 0 atom stereocenters. The highest BCUT2D eigenvalue weighted by molar-refractivity contribution is 5.97. The molecule has 0 aliphatic rings. The second-order valence-electron chi connectivity index (χ2n) is 5.49. The van der Waals surface area contributed by atoms with E-state index < -0.39 is 0 Å². The highest BCUT2D eigenvalue weighted by atomic mass is 16.6. The number of hydrogen-bond donors (Lipinski definition) is 1. The maximum absolute atomic E-state index is 5.88. The van der Waals surface area contributed by atoms with Crippen molar-refractivity contribution in [2.45, 2.75) is 20.3 Å². The number of methoxy groups -OCH3 is 1. The molecule has 0 saturated heterocycles. The van der Waals surface area contributed by atoms with Gasteiger partial charge < -0.3 is 20.0 Å². The van der Waals surface area contributed by atoms with Crippen molar-refractivity contribution in [2.24, 2.45) is 10.9 Å². The van der Waals surface area contributed by atoms with Gasteiger partial charge in [-0.2, -0.15) is 0 Å². The first-order chi connectivity index (χ1) is 11.6. The topological polar surface area (TPSA) is 66.1 Å². The Hall–Kier alpha value is -2.69. The van der Waals surface area contributed by atoms with E-state index in [1.807, 2.05) is 36.4 Å². The van der Waals surface area contributed by atoms with Gasteiger partial charge in [-0.15, -0.1) is 0 Å². The summed E-state index contributed by atoms with van der Waals surface area (Å²) in [5, 5.41) is 3.92. The zero-order chi connectivity index (χ0) is 17.4. The van der Waals surface area contributed by atoms with Gasteiger partial charge in [0.2, 0.25) is 0 Å². The van der Waals surface area contributed by atoms with Gasteiger partial charge in [-0.3, -0.25) is 0 Å². The van der Waals surface area contributed by atoms with Crippen molar-refractivity contribution >= 4 is 5.84 Å². The predicted octanol–water partition coefficient (Wildman–Crippen LogP) is 3.42. The normalized spacial score (nSPS) is 11.2. The minimum absolute atomic E-state index is 0.340. The third kappa shape index (κ3) is 5.19. The summed E-state index contributed by atoms with van der Waals surface area (Å²) in [5.41, 5.74) is 9.15. The highest BCUT2D eigenvalue weighted by Crippen LogP contribution is 2.16. The molecule has 0 spiro atoms. The highest BCUT2D eigenvalue weighted by Gasteiger charge is 2.00. The molecule has 128 valence electrons. The number of nitrogens with zero attached hydrogens (tertiary/aromatic N) is 1. The lowest BCUT2D eigenvalue weighted by Gasteiger charge is -2.08. The molecule has 2 aromatic rings. The maximum Gasteiger partial charge on any atom is 0.170 e. The number of hydrogen-bond acceptors (Lipinski definition) is 4. The number of rotatable bonds is 8. The van der Waals surface area contributed by atoms with E-state index in [4.69, 9.17) is 20.0 Å². The van der Waals surface area contributed by atoms with E-state index in [-0.39, 0.29) is 0 Å². The predicted molar refractivity (Wildman–Crippen MR) is 95.7 cm³/mol. The van der Waals surface area contributed by atoms with Crippen LogP contribution in [0.25, 0.3) is 0 Å². The Morgan fingerprint density at radius 1 is 0.958 bits per heavy atom. The van der Waals surface area contributed by atoms with E-state index in [1.54, 1.807) is 7.11 Å². The molecule has 0 bridgehead atoms. The molecule has 24 heavy (non-hydrogen) atoms. The van der Waals surface area contributed by atoms with Crippen molar-refractivity contribution in [3.63, 3.8) is 0 Å². The molecule has 0 aromatic heterocycles. The molecule has 2 rings (SSSR count). The Bertz CT molecular complexity index is 682. The summed E-state index contributed by atoms with van der Waals surface area (Å²) in [6, 6.07) is 13.4. The summed E-state index contributed by atoms with van der Waals surface area (Å²) in [5.74, 6) is 1.99. The Morgan fingerprint density at radius 2 is 1.67 bits per heavy atom. The van der Waals surface area contributed by atoms with Gasteiger partial charge in [-0.1, -0.05) is 11.2 Å². The standard InChI is InChI=1S/C19H24N2O3/c1-14-5-8-18(13-15(14)2)23-11-4-12-24-21-19(20)16-6-9-17(22-3)10-7-16/h5-10,13H,4,11-12H2,1-3H3,(H2,20,21). The molecule has 0 heterocycles. The van der Waals surface area contributed by atoms with Crippen LogP contribution in [0.1, 0.15) is 23.1 Å². The molecule has 0 radical (unpaired) electrons. The van der Waals surface area contributed by atoms with Crippen LogP contribution in [0.2, 0.25) is 0 Å². The van der Waals surface area contributed by atoms with E-state index in [2.05, 4.69) is 25.1 Å². The van der Waals surface area contributed by atoms with Gasteiger partial charge >= 0.3 is 0 Å². The van der Waals surface area contributed by atoms with Crippen molar-refractivity contribution in [2.75, 3.05) is 20.3 Å². The average Bonchev–Trinajstić information content (AvgIpc) is 2.60. The first kappa shape index (κ1) is 17.7. The fraction of sp³-hybridized carbons (Fsp3) is 0.316. The number of oxime groups is 1. The van der Waals surface area contributed by atoms with E-state index >= 15 is 0 Å². The number of amidine groups is 1. The molecule has 5 heteroatoms. The van der Waals surface area contributed by atoms with Gasteiger partial charge in [0.1, 0.15) is 18.1 Å². The SMILES string of the molecule is COc1ccc(/C(N)=N/OCCCOc2ccc(C)c(C)c2)cc1. The van der Waals surface area contributed by atoms with E-state index in [9.17, 15) is 0 Å². The quantitative estimate of drug-likeness (QED) is 0.349. The summed E-state index contributed by atoms with van der Waals surface area (Å²) >= 11 is 0. The second-order valence-corrected chi connectivity index (χ2v) is 5.49. The summed E-state index contributed by atoms with van der Waals surface area (Å²) < 4.78 is 10.8. The minimum atomic E-state index is 0.340. The van der Waals surface area contributed by atoms with Crippen LogP contribution in [-0.2, 0) is 4.84 Å².